The molecule has 1 fully saturated rings. The summed E-state index contributed by atoms with van der Waals surface area (Å²) in [6.45, 7) is 7.53. The topological polar surface area (TPSA) is 100 Å². The lowest BCUT2D eigenvalue weighted by molar-refractivity contribution is -0.157. The number of ether oxygens (including phenoxy) is 2. The van der Waals surface area contributed by atoms with Gasteiger partial charge in [0, 0.05) is 52.4 Å². The number of rotatable bonds is 10. The van der Waals surface area contributed by atoms with Crippen LogP contribution in [0, 0.1) is 0 Å². The summed E-state index contributed by atoms with van der Waals surface area (Å²) in [6, 6.07) is 8.77. The van der Waals surface area contributed by atoms with Crippen LogP contribution >= 0.6 is 0 Å². The van der Waals surface area contributed by atoms with Crippen molar-refractivity contribution < 1.29 is 23.9 Å². The molecule has 2 N–H and O–H groups in total. The summed E-state index contributed by atoms with van der Waals surface area (Å²) < 4.78 is 10.9. The fraction of sp³-hybridized carbons (Fsp3) is 0.625. The molecular weight excluding hydrogens is 424 g/mol. The SMILES string of the molecule is CCCCOC(=O)C(CC(=O)OCc1ccccc1)N1CCNCCN(C=O)CCNCC1. The van der Waals surface area contributed by atoms with Gasteiger partial charge in [0.05, 0.1) is 13.0 Å². The second kappa shape index (κ2) is 16.2. The molecule has 1 aliphatic heterocycles. The van der Waals surface area contributed by atoms with E-state index in [4.69, 9.17) is 9.47 Å². The Kier molecular flexibility index (Phi) is 13.1. The van der Waals surface area contributed by atoms with E-state index < -0.39 is 12.0 Å². The normalized spacial score (nSPS) is 17.3. The van der Waals surface area contributed by atoms with Gasteiger partial charge in [-0.05, 0) is 12.0 Å². The molecule has 1 saturated heterocycles. The first-order chi connectivity index (χ1) is 16.1. The van der Waals surface area contributed by atoms with Gasteiger partial charge in [-0.3, -0.25) is 19.3 Å². The molecule has 9 nitrogen and oxygen atoms in total. The molecule has 1 atom stereocenters. The fourth-order valence-corrected chi connectivity index (χ4v) is 3.51. The Balaban J connectivity index is 2.00. The van der Waals surface area contributed by atoms with Crippen molar-refractivity contribution in [2.45, 2.75) is 38.8 Å². The molecule has 1 amide bonds. The Hall–Kier alpha value is -2.49. The lowest BCUT2D eigenvalue weighted by Crippen LogP contribution is -2.50. The first-order valence-corrected chi connectivity index (χ1v) is 11.8. The highest BCUT2D eigenvalue weighted by atomic mass is 16.5. The van der Waals surface area contributed by atoms with Crippen LogP contribution < -0.4 is 10.6 Å². The summed E-state index contributed by atoms with van der Waals surface area (Å²) in [5.74, 6) is -0.815. The van der Waals surface area contributed by atoms with Crippen molar-refractivity contribution in [2.75, 3.05) is 59.0 Å². The van der Waals surface area contributed by atoms with Crippen molar-refractivity contribution in [2.24, 2.45) is 0 Å². The first-order valence-electron chi connectivity index (χ1n) is 11.8. The largest absolute Gasteiger partial charge is 0.465 e. The zero-order chi connectivity index (χ0) is 23.7. The van der Waals surface area contributed by atoms with Crippen molar-refractivity contribution in [3.63, 3.8) is 0 Å². The van der Waals surface area contributed by atoms with E-state index in [0.29, 0.717) is 59.0 Å². The van der Waals surface area contributed by atoms with Crippen molar-refractivity contribution >= 4 is 18.3 Å². The van der Waals surface area contributed by atoms with Crippen molar-refractivity contribution in [3.05, 3.63) is 35.9 Å². The molecule has 0 aliphatic carbocycles. The minimum atomic E-state index is -0.705. The lowest BCUT2D eigenvalue weighted by atomic mass is 10.1. The molecular formula is C24H38N4O5. The van der Waals surface area contributed by atoms with Crippen LogP contribution in [0.25, 0.3) is 0 Å². The molecule has 0 saturated carbocycles. The molecule has 1 heterocycles. The van der Waals surface area contributed by atoms with Crippen molar-refractivity contribution in [3.8, 4) is 0 Å². The quantitative estimate of drug-likeness (QED) is 0.299. The summed E-state index contributed by atoms with van der Waals surface area (Å²) >= 11 is 0. The molecule has 2 rings (SSSR count). The molecule has 0 radical (unpaired) electrons. The highest BCUT2D eigenvalue weighted by Crippen LogP contribution is 2.11. The van der Waals surface area contributed by atoms with Crippen LogP contribution in [0.2, 0.25) is 0 Å². The van der Waals surface area contributed by atoms with Gasteiger partial charge in [-0.1, -0.05) is 43.7 Å². The van der Waals surface area contributed by atoms with Crippen LogP contribution in [-0.4, -0.2) is 93.2 Å². The lowest BCUT2D eigenvalue weighted by Gasteiger charge is -2.30. The third-order valence-electron chi connectivity index (χ3n) is 5.51. The number of carbonyl (C=O) groups is 3. The van der Waals surface area contributed by atoms with Crippen LogP contribution in [0.15, 0.2) is 30.3 Å². The van der Waals surface area contributed by atoms with Gasteiger partial charge in [-0.25, -0.2) is 0 Å². The maximum atomic E-state index is 12.9. The van der Waals surface area contributed by atoms with E-state index in [1.54, 1.807) is 4.90 Å². The summed E-state index contributed by atoms with van der Waals surface area (Å²) in [6.07, 6.45) is 2.52. The molecule has 1 aromatic rings. The van der Waals surface area contributed by atoms with Gasteiger partial charge in [0.1, 0.15) is 12.6 Å². The molecule has 1 aliphatic rings. The molecule has 1 aromatic carbocycles. The van der Waals surface area contributed by atoms with E-state index in [1.807, 2.05) is 42.2 Å². The number of esters is 2. The Morgan fingerprint density at radius 3 is 2.24 bits per heavy atom. The predicted molar refractivity (Wildman–Crippen MR) is 125 cm³/mol. The average molecular weight is 463 g/mol. The number of nitrogens with zero attached hydrogens (tertiary/aromatic N) is 2. The maximum absolute atomic E-state index is 12.9. The average Bonchev–Trinajstić information content (AvgIpc) is 2.82. The Morgan fingerprint density at radius 1 is 1.00 bits per heavy atom. The van der Waals surface area contributed by atoms with E-state index in [2.05, 4.69) is 10.6 Å². The second-order valence-electron chi connectivity index (χ2n) is 8.06. The summed E-state index contributed by atoms with van der Waals surface area (Å²) in [4.78, 5) is 40.4. The predicted octanol–water partition coefficient (Wildman–Crippen LogP) is 0.785. The van der Waals surface area contributed by atoms with E-state index >= 15 is 0 Å². The number of carbonyl (C=O) groups excluding carboxylic acids is 3. The number of hydrogen-bond donors (Lipinski definition) is 2. The molecule has 9 heteroatoms. The molecule has 1 unspecified atom stereocenters. The molecule has 33 heavy (non-hydrogen) atoms. The Bertz CT molecular complexity index is 689. The van der Waals surface area contributed by atoms with Gasteiger partial charge in [0.25, 0.3) is 0 Å². The minimum Gasteiger partial charge on any atom is -0.465 e. The summed E-state index contributed by atoms with van der Waals surface area (Å²) in [5, 5.41) is 6.63. The van der Waals surface area contributed by atoms with Crippen LogP contribution in [0.4, 0.5) is 0 Å². The highest BCUT2D eigenvalue weighted by Gasteiger charge is 2.30. The number of unbranched alkanes of at least 4 members (excludes halogenated alkanes) is 1. The monoisotopic (exact) mass is 462 g/mol. The third-order valence-corrected chi connectivity index (χ3v) is 5.51. The van der Waals surface area contributed by atoms with Crippen LogP contribution in [0.3, 0.4) is 0 Å². The van der Waals surface area contributed by atoms with Crippen LogP contribution in [0.1, 0.15) is 31.7 Å². The van der Waals surface area contributed by atoms with Crippen molar-refractivity contribution in [1.82, 2.24) is 20.4 Å². The fourth-order valence-electron chi connectivity index (χ4n) is 3.51. The Labute approximate surface area is 196 Å². The molecule has 0 aromatic heterocycles. The van der Waals surface area contributed by atoms with Crippen molar-refractivity contribution in [1.29, 1.82) is 0 Å². The van der Waals surface area contributed by atoms with Crippen LogP contribution in [0.5, 0.6) is 0 Å². The summed E-state index contributed by atoms with van der Waals surface area (Å²) in [7, 11) is 0. The zero-order valence-corrected chi connectivity index (χ0v) is 19.7. The number of benzene rings is 1. The molecule has 184 valence electrons. The van der Waals surface area contributed by atoms with Gasteiger partial charge in [-0.15, -0.1) is 0 Å². The van der Waals surface area contributed by atoms with Gasteiger partial charge >= 0.3 is 11.9 Å². The second-order valence-corrected chi connectivity index (χ2v) is 8.06. The van der Waals surface area contributed by atoms with Crippen LogP contribution in [-0.2, 0) is 30.5 Å². The van der Waals surface area contributed by atoms with E-state index in [0.717, 1.165) is 24.8 Å². The number of nitrogens with one attached hydrogen (secondary N) is 2. The third kappa shape index (κ3) is 10.8. The summed E-state index contributed by atoms with van der Waals surface area (Å²) in [5.41, 5.74) is 0.900. The number of amides is 1. The minimum absolute atomic E-state index is 0.0588. The van der Waals surface area contributed by atoms with E-state index in [9.17, 15) is 14.4 Å². The smallest absolute Gasteiger partial charge is 0.323 e. The van der Waals surface area contributed by atoms with E-state index in [-0.39, 0.29) is 19.0 Å². The van der Waals surface area contributed by atoms with Gasteiger partial charge < -0.3 is 25.0 Å². The molecule has 0 bridgehead atoms. The standard InChI is InChI=1S/C24H38N4O5/c1-2-3-17-32-24(31)22(18-23(30)33-19-21-7-5-4-6-8-21)28-15-11-25-9-13-27(20-29)14-10-26-12-16-28/h4-8,20,22,25-26H,2-3,9-19H2,1H3. The maximum Gasteiger partial charge on any atom is 0.323 e. The number of hydrogen-bond acceptors (Lipinski definition) is 8. The van der Waals surface area contributed by atoms with E-state index in [1.165, 1.54) is 0 Å². The Morgan fingerprint density at radius 2 is 1.64 bits per heavy atom. The van der Waals surface area contributed by atoms with Gasteiger partial charge in [0.2, 0.25) is 6.41 Å². The van der Waals surface area contributed by atoms with Gasteiger partial charge in [0.15, 0.2) is 0 Å². The van der Waals surface area contributed by atoms with Gasteiger partial charge in [-0.2, -0.15) is 0 Å². The first kappa shape index (κ1) is 26.8. The zero-order valence-electron chi connectivity index (χ0n) is 19.7. The highest BCUT2D eigenvalue weighted by molar-refractivity contribution is 5.82. The molecule has 0 spiro atoms.